The van der Waals surface area contributed by atoms with Crippen LogP contribution in [0.2, 0.25) is 0 Å². The Morgan fingerprint density at radius 1 is 1.00 bits per heavy atom. The summed E-state index contributed by atoms with van der Waals surface area (Å²) in [6, 6.07) is 0. The molecule has 8 nitrogen and oxygen atoms in total. The normalized spacial score (nSPS) is 37.5. The highest BCUT2D eigenvalue weighted by Gasteiger charge is 2.66. The van der Waals surface area contributed by atoms with E-state index in [-0.39, 0.29) is 46.5 Å². The van der Waals surface area contributed by atoms with Gasteiger partial charge in [0.15, 0.2) is 0 Å². The fourth-order valence-corrected chi connectivity index (χ4v) is 10.8. The van der Waals surface area contributed by atoms with Gasteiger partial charge in [0.25, 0.3) is 0 Å². The van der Waals surface area contributed by atoms with Gasteiger partial charge < -0.3 is 24.8 Å². The molecule has 2 fully saturated rings. The molecule has 0 spiro atoms. The van der Waals surface area contributed by atoms with Crippen LogP contribution in [0.4, 0.5) is 0 Å². The summed E-state index contributed by atoms with van der Waals surface area (Å²) in [6.07, 6.45) is 6.50. The van der Waals surface area contributed by atoms with Crippen molar-refractivity contribution in [1.29, 1.82) is 0 Å². The van der Waals surface area contributed by atoms with Crippen LogP contribution in [-0.4, -0.2) is 58.1 Å². The minimum Gasteiger partial charge on any atom is -0.481 e. The zero-order valence-electron chi connectivity index (χ0n) is 29.8. The van der Waals surface area contributed by atoms with E-state index < -0.39 is 35.5 Å². The summed E-state index contributed by atoms with van der Waals surface area (Å²) in [5, 5.41) is 32.2. The standard InChI is InChI=1S/C38H60O8/c1-22(24(3)33(42)43)11-12-23(2)25-15-18-37(8)26-13-14-28-34(4,5)30(46-32(41)21-35(6,44)20-31(40)45-10)16-17-36(28,7)27(26)19-29(39)38(25,37)9/h23-25,28-30,39,44H,1,11-21H2,2-10H3,(H,42,43)/t23?,24-,25+,28?,29-,30+,35-,36+,37-,38-/m0/s1. The van der Waals surface area contributed by atoms with Crippen LogP contribution in [0.3, 0.4) is 0 Å². The van der Waals surface area contributed by atoms with Crippen LogP contribution in [-0.2, 0) is 23.9 Å². The first-order chi connectivity index (χ1) is 21.2. The average molecular weight is 645 g/mol. The molecule has 0 heterocycles. The Kier molecular flexibility index (Phi) is 10.1. The zero-order valence-corrected chi connectivity index (χ0v) is 29.8. The van der Waals surface area contributed by atoms with Crippen LogP contribution in [0, 0.1) is 45.3 Å². The van der Waals surface area contributed by atoms with E-state index in [0.717, 1.165) is 44.1 Å². The Morgan fingerprint density at radius 3 is 2.24 bits per heavy atom. The van der Waals surface area contributed by atoms with Crippen molar-refractivity contribution in [2.24, 2.45) is 45.3 Å². The van der Waals surface area contributed by atoms with E-state index in [1.54, 1.807) is 12.5 Å². The highest BCUT2D eigenvalue weighted by molar-refractivity contribution is 5.75. The van der Waals surface area contributed by atoms with E-state index in [1.807, 2.05) is 0 Å². The molecule has 4 rings (SSSR count). The predicted molar refractivity (Wildman–Crippen MR) is 177 cm³/mol. The summed E-state index contributed by atoms with van der Waals surface area (Å²) in [5.41, 5.74) is 1.38. The topological polar surface area (TPSA) is 130 Å². The van der Waals surface area contributed by atoms with Crippen LogP contribution < -0.4 is 0 Å². The number of carbonyl (C=O) groups is 3. The van der Waals surface area contributed by atoms with E-state index in [9.17, 15) is 29.7 Å². The molecule has 10 atom stereocenters. The second kappa shape index (κ2) is 12.7. The number of esters is 2. The number of aliphatic hydroxyl groups is 2. The van der Waals surface area contributed by atoms with Crippen LogP contribution in [0.25, 0.3) is 0 Å². The van der Waals surface area contributed by atoms with Crippen LogP contribution in [0.15, 0.2) is 23.3 Å². The lowest BCUT2D eigenvalue weighted by Crippen LogP contribution is -2.58. The van der Waals surface area contributed by atoms with Gasteiger partial charge in [-0.2, -0.15) is 0 Å². The molecule has 2 unspecified atom stereocenters. The fourth-order valence-electron chi connectivity index (χ4n) is 10.8. The summed E-state index contributed by atoms with van der Waals surface area (Å²) in [4.78, 5) is 36.2. The second-order valence-corrected chi connectivity index (χ2v) is 16.9. The lowest BCUT2D eigenvalue weighted by Gasteiger charge is -2.63. The summed E-state index contributed by atoms with van der Waals surface area (Å²) in [7, 11) is 1.26. The van der Waals surface area contributed by atoms with Crippen molar-refractivity contribution in [2.75, 3.05) is 7.11 Å². The van der Waals surface area contributed by atoms with Crippen molar-refractivity contribution in [3.05, 3.63) is 23.3 Å². The summed E-state index contributed by atoms with van der Waals surface area (Å²) in [5.74, 6) is -1.52. The number of rotatable bonds is 11. The van der Waals surface area contributed by atoms with Gasteiger partial charge in [-0.25, -0.2) is 0 Å². The second-order valence-electron chi connectivity index (χ2n) is 16.9. The van der Waals surface area contributed by atoms with Crippen LogP contribution in [0.1, 0.15) is 126 Å². The zero-order chi connectivity index (χ0) is 34.6. The maximum absolute atomic E-state index is 13.0. The molecule has 260 valence electrons. The van der Waals surface area contributed by atoms with Gasteiger partial charge in [-0.1, -0.05) is 64.8 Å². The number of ether oxygens (including phenoxy) is 2. The minimum atomic E-state index is -1.54. The molecular weight excluding hydrogens is 584 g/mol. The number of hydrogen-bond donors (Lipinski definition) is 3. The maximum Gasteiger partial charge on any atom is 0.310 e. The molecular formula is C38H60O8. The summed E-state index contributed by atoms with van der Waals surface area (Å²) in [6.45, 7) is 21.0. The molecule has 0 aromatic rings. The summed E-state index contributed by atoms with van der Waals surface area (Å²) < 4.78 is 10.7. The average Bonchev–Trinajstić information content (AvgIpc) is 3.25. The van der Waals surface area contributed by atoms with Gasteiger partial charge in [0, 0.05) is 10.8 Å². The van der Waals surface area contributed by atoms with Gasteiger partial charge in [-0.05, 0) is 100 Å². The number of carboxylic acids is 1. The molecule has 8 heteroatoms. The number of hydrogen-bond acceptors (Lipinski definition) is 7. The van der Waals surface area contributed by atoms with Crippen molar-refractivity contribution in [2.45, 2.75) is 144 Å². The Labute approximate surface area is 276 Å². The van der Waals surface area contributed by atoms with Gasteiger partial charge in [0.1, 0.15) is 6.10 Å². The van der Waals surface area contributed by atoms with Gasteiger partial charge >= 0.3 is 17.9 Å². The van der Waals surface area contributed by atoms with Gasteiger partial charge in [-0.3, -0.25) is 14.4 Å². The number of carbonyl (C=O) groups excluding carboxylic acids is 2. The largest absolute Gasteiger partial charge is 0.481 e. The molecule has 0 aromatic carbocycles. The number of aliphatic hydroxyl groups excluding tert-OH is 1. The first-order valence-corrected chi connectivity index (χ1v) is 17.5. The molecule has 0 radical (unpaired) electrons. The SMILES string of the molecule is C=C(CCC(C)[C@H]1CC[C@@]2(C)C3=C(C[C@H](O)[C@]12C)[C@@]1(C)CC[C@@H](OC(=O)C[C@@](C)(O)CC(=O)OC)C(C)(C)C1CC3)[C@H](C)C(=O)O. The Morgan fingerprint density at radius 2 is 1.63 bits per heavy atom. The van der Waals surface area contributed by atoms with Gasteiger partial charge in [0.05, 0.1) is 37.6 Å². The van der Waals surface area contributed by atoms with Crippen LogP contribution >= 0.6 is 0 Å². The van der Waals surface area contributed by atoms with Crippen molar-refractivity contribution < 1.29 is 39.2 Å². The highest BCUT2D eigenvalue weighted by atomic mass is 16.5. The molecule has 0 bridgehead atoms. The lowest BCUT2D eigenvalue weighted by molar-refractivity contribution is -0.175. The molecule has 0 aliphatic heterocycles. The molecule has 3 N–H and O–H groups in total. The quantitative estimate of drug-likeness (QED) is 0.162. The highest BCUT2D eigenvalue weighted by Crippen LogP contribution is 2.72. The third kappa shape index (κ3) is 6.10. The third-order valence-electron chi connectivity index (χ3n) is 14.0. The smallest absolute Gasteiger partial charge is 0.310 e. The number of allylic oxidation sites excluding steroid dienone is 1. The lowest BCUT2D eigenvalue weighted by atomic mass is 9.42. The van der Waals surface area contributed by atoms with Crippen molar-refractivity contribution in [1.82, 2.24) is 0 Å². The third-order valence-corrected chi connectivity index (χ3v) is 14.0. The number of methoxy groups -OCH3 is 1. The number of carboxylic acid groups (broad SMARTS) is 1. The molecule has 0 aromatic heterocycles. The van der Waals surface area contributed by atoms with E-state index >= 15 is 0 Å². The van der Waals surface area contributed by atoms with Crippen molar-refractivity contribution in [3.8, 4) is 0 Å². The molecule has 4 aliphatic rings. The van der Waals surface area contributed by atoms with E-state index in [2.05, 4.69) is 52.9 Å². The fraction of sp³-hybridized carbons (Fsp3) is 0.816. The Balaban J connectivity index is 1.54. The maximum atomic E-state index is 13.0. The minimum absolute atomic E-state index is 0.114. The summed E-state index contributed by atoms with van der Waals surface area (Å²) >= 11 is 0. The van der Waals surface area contributed by atoms with Gasteiger partial charge in [0.2, 0.25) is 0 Å². The molecule has 0 saturated heterocycles. The number of aliphatic carboxylic acids is 1. The van der Waals surface area contributed by atoms with E-state index in [4.69, 9.17) is 4.74 Å². The van der Waals surface area contributed by atoms with Crippen molar-refractivity contribution in [3.63, 3.8) is 0 Å². The predicted octanol–water partition coefficient (Wildman–Crippen LogP) is 7.02. The molecule has 2 saturated carbocycles. The number of fused-ring (bicyclic) bond motifs is 4. The van der Waals surface area contributed by atoms with E-state index in [0.29, 0.717) is 31.1 Å². The van der Waals surface area contributed by atoms with Crippen LogP contribution in [0.5, 0.6) is 0 Å². The van der Waals surface area contributed by atoms with Crippen molar-refractivity contribution >= 4 is 17.9 Å². The Bertz CT molecular complexity index is 1260. The first kappa shape index (κ1) is 36.6. The van der Waals surface area contributed by atoms with E-state index in [1.165, 1.54) is 19.6 Å². The monoisotopic (exact) mass is 644 g/mol. The van der Waals surface area contributed by atoms with Gasteiger partial charge in [-0.15, -0.1) is 0 Å². The molecule has 46 heavy (non-hydrogen) atoms. The first-order valence-electron chi connectivity index (χ1n) is 17.5. The molecule has 4 aliphatic carbocycles. The molecule has 0 amide bonds. The Hall–Kier alpha value is -2.19.